The Balaban J connectivity index is 0.00000288. The van der Waals surface area contributed by atoms with Crippen molar-refractivity contribution in [2.24, 2.45) is 0 Å². The Kier molecular flexibility index (Phi) is 9.83. The quantitative estimate of drug-likeness (QED) is 0.697. The van der Waals surface area contributed by atoms with E-state index in [1.807, 2.05) is 0 Å². The number of carbonyl (C=O) groups is 1. The van der Waals surface area contributed by atoms with Crippen molar-refractivity contribution in [3.63, 3.8) is 0 Å². The molecule has 24 heavy (non-hydrogen) atoms. The number of piperazine rings is 1. The minimum Gasteiger partial charge on any atom is -0.356 e. The van der Waals surface area contributed by atoms with Crippen LogP contribution in [0, 0.1) is 11.6 Å². The monoisotopic (exact) mass is 361 g/mol. The van der Waals surface area contributed by atoms with Crippen LogP contribution in [0.2, 0.25) is 0 Å². The number of carbonyl (C=O) groups excluding carboxylic acids is 1. The number of benzene rings is 1. The highest BCUT2D eigenvalue weighted by Crippen LogP contribution is 2.11. The number of amides is 1. The minimum atomic E-state index is -0.837. The van der Waals surface area contributed by atoms with Gasteiger partial charge in [0.15, 0.2) is 11.6 Å². The van der Waals surface area contributed by atoms with Gasteiger partial charge in [-0.1, -0.05) is 6.07 Å². The van der Waals surface area contributed by atoms with Crippen molar-refractivity contribution in [1.82, 2.24) is 15.5 Å². The van der Waals surface area contributed by atoms with Crippen molar-refractivity contribution in [2.75, 3.05) is 39.3 Å². The maximum absolute atomic E-state index is 13.1. The molecule has 1 aromatic rings. The van der Waals surface area contributed by atoms with Gasteiger partial charge in [-0.2, -0.15) is 0 Å². The molecule has 1 amide bonds. The second-order valence-electron chi connectivity index (χ2n) is 5.90. The molecule has 4 nitrogen and oxygen atoms in total. The highest BCUT2D eigenvalue weighted by molar-refractivity contribution is 5.85. The van der Waals surface area contributed by atoms with E-state index in [0.29, 0.717) is 25.8 Å². The molecule has 0 spiro atoms. The number of hydrogen-bond donors (Lipinski definition) is 2. The molecule has 1 aliphatic heterocycles. The number of rotatable bonds is 8. The van der Waals surface area contributed by atoms with E-state index in [0.717, 1.165) is 50.8 Å². The second kappa shape index (κ2) is 11.3. The zero-order chi connectivity index (χ0) is 16.5. The van der Waals surface area contributed by atoms with E-state index >= 15 is 0 Å². The average molecular weight is 362 g/mol. The molecule has 1 heterocycles. The maximum Gasteiger partial charge on any atom is 0.220 e. The van der Waals surface area contributed by atoms with E-state index in [2.05, 4.69) is 15.5 Å². The van der Waals surface area contributed by atoms with Gasteiger partial charge in [-0.05, 0) is 43.5 Å². The van der Waals surface area contributed by atoms with Crippen molar-refractivity contribution < 1.29 is 13.6 Å². The van der Waals surface area contributed by atoms with E-state index in [-0.39, 0.29) is 18.3 Å². The molecule has 0 saturated carbocycles. The van der Waals surface area contributed by atoms with Crippen molar-refractivity contribution in [2.45, 2.75) is 25.7 Å². The standard InChI is InChI=1S/C17H25F2N3O.ClH/c18-15-6-5-14(13-16(15)19)3-1-4-17(23)21-7-2-10-22-11-8-20-9-12-22;/h5-6,13,20H,1-4,7-12H2,(H,21,23);1H. The first-order valence-electron chi connectivity index (χ1n) is 8.29. The van der Waals surface area contributed by atoms with E-state index in [4.69, 9.17) is 0 Å². The maximum atomic E-state index is 13.1. The Morgan fingerprint density at radius 1 is 1.17 bits per heavy atom. The van der Waals surface area contributed by atoms with Gasteiger partial charge in [-0.3, -0.25) is 4.79 Å². The molecular weight excluding hydrogens is 336 g/mol. The predicted molar refractivity (Wildman–Crippen MR) is 93.5 cm³/mol. The summed E-state index contributed by atoms with van der Waals surface area (Å²) in [6.07, 6.45) is 2.57. The largest absolute Gasteiger partial charge is 0.356 e. The molecule has 0 aromatic heterocycles. The van der Waals surface area contributed by atoms with Gasteiger partial charge in [0, 0.05) is 39.1 Å². The summed E-state index contributed by atoms with van der Waals surface area (Å²) in [5.74, 6) is -1.65. The van der Waals surface area contributed by atoms with Crippen LogP contribution in [0.1, 0.15) is 24.8 Å². The molecule has 0 aliphatic carbocycles. The van der Waals surface area contributed by atoms with E-state index in [1.54, 1.807) is 6.07 Å². The number of nitrogens with one attached hydrogen (secondary N) is 2. The third-order valence-corrected chi connectivity index (χ3v) is 4.04. The molecule has 1 aliphatic rings. The van der Waals surface area contributed by atoms with Crippen LogP contribution in [0.25, 0.3) is 0 Å². The Morgan fingerprint density at radius 2 is 1.92 bits per heavy atom. The molecule has 1 fully saturated rings. The zero-order valence-corrected chi connectivity index (χ0v) is 14.6. The highest BCUT2D eigenvalue weighted by atomic mass is 35.5. The van der Waals surface area contributed by atoms with Gasteiger partial charge in [0.25, 0.3) is 0 Å². The van der Waals surface area contributed by atoms with Gasteiger partial charge >= 0.3 is 0 Å². The summed E-state index contributed by atoms with van der Waals surface area (Å²) in [7, 11) is 0. The first kappa shape index (κ1) is 20.8. The summed E-state index contributed by atoms with van der Waals surface area (Å²) in [6, 6.07) is 3.88. The Morgan fingerprint density at radius 3 is 2.62 bits per heavy atom. The Hall–Kier alpha value is -1.24. The topological polar surface area (TPSA) is 44.4 Å². The third-order valence-electron chi connectivity index (χ3n) is 4.04. The first-order valence-corrected chi connectivity index (χ1v) is 8.29. The van der Waals surface area contributed by atoms with Crippen LogP contribution in [0.3, 0.4) is 0 Å². The first-order chi connectivity index (χ1) is 11.1. The molecule has 2 rings (SSSR count). The summed E-state index contributed by atoms with van der Waals surface area (Å²) < 4.78 is 25.9. The van der Waals surface area contributed by atoms with E-state index < -0.39 is 11.6 Å². The van der Waals surface area contributed by atoms with Crippen LogP contribution in [-0.4, -0.2) is 50.1 Å². The lowest BCUT2D eigenvalue weighted by molar-refractivity contribution is -0.121. The smallest absolute Gasteiger partial charge is 0.220 e. The van der Waals surface area contributed by atoms with Gasteiger partial charge in [0.2, 0.25) is 5.91 Å². The summed E-state index contributed by atoms with van der Waals surface area (Å²) in [5, 5.41) is 6.22. The van der Waals surface area contributed by atoms with Crippen LogP contribution in [0.4, 0.5) is 8.78 Å². The number of halogens is 3. The molecule has 0 radical (unpaired) electrons. The van der Waals surface area contributed by atoms with Crippen LogP contribution < -0.4 is 10.6 Å². The van der Waals surface area contributed by atoms with Gasteiger partial charge in [-0.25, -0.2) is 8.78 Å². The number of aryl methyl sites for hydroxylation is 1. The fourth-order valence-electron chi connectivity index (χ4n) is 2.70. The Labute approximate surface area is 148 Å². The number of hydrogen-bond acceptors (Lipinski definition) is 3. The molecule has 0 bridgehead atoms. The van der Waals surface area contributed by atoms with Crippen molar-refractivity contribution in [3.05, 3.63) is 35.4 Å². The lowest BCUT2D eigenvalue weighted by Gasteiger charge is -2.27. The van der Waals surface area contributed by atoms with Crippen LogP contribution >= 0.6 is 12.4 Å². The SMILES string of the molecule is Cl.O=C(CCCc1ccc(F)c(F)c1)NCCCN1CCNCC1. The molecule has 136 valence electrons. The third kappa shape index (κ3) is 7.55. The molecule has 2 N–H and O–H groups in total. The van der Waals surface area contributed by atoms with Crippen molar-refractivity contribution >= 4 is 18.3 Å². The number of nitrogens with zero attached hydrogens (tertiary/aromatic N) is 1. The Bertz CT molecular complexity index is 511. The molecule has 7 heteroatoms. The fraction of sp³-hybridized carbons (Fsp3) is 0.588. The highest BCUT2D eigenvalue weighted by Gasteiger charge is 2.09. The van der Waals surface area contributed by atoms with E-state index in [9.17, 15) is 13.6 Å². The van der Waals surface area contributed by atoms with Crippen LogP contribution in [0.15, 0.2) is 18.2 Å². The summed E-state index contributed by atoms with van der Waals surface area (Å²) in [5.41, 5.74) is 0.718. The normalized spacial score (nSPS) is 14.9. The zero-order valence-electron chi connectivity index (χ0n) is 13.8. The van der Waals surface area contributed by atoms with Crippen molar-refractivity contribution in [3.8, 4) is 0 Å². The molecule has 0 atom stereocenters. The molecule has 0 unspecified atom stereocenters. The summed E-state index contributed by atoms with van der Waals surface area (Å²) in [6.45, 7) is 5.92. The molecular formula is C17H26ClF2N3O. The van der Waals surface area contributed by atoms with Crippen LogP contribution in [0.5, 0.6) is 0 Å². The lowest BCUT2D eigenvalue weighted by atomic mass is 10.1. The predicted octanol–water partition coefficient (Wildman–Crippen LogP) is 2.12. The molecule has 1 saturated heterocycles. The fourth-order valence-corrected chi connectivity index (χ4v) is 2.70. The second-order valence-corrected chi connectivity index (χ2v) is 5.90. The summed E-state index contributed by atoms with van der Waals surface area (Å²) in [4.78, 5) is 14.1. The van der Waals surface area contributed by atoms with Gasteiger partial charge in [0.1, 0.15) is 0 Å². The van der Waals surface area contributed by atoms with Gasteiger partial charge < -0.3 is 15.5 Å². The lowest BCUT2D eigenvalue weighted by Crippen LogP contribution is -2.44. The van der Waals surface area contributed by atoms with Crippen LogP contribution in [-0.2, 0) is 11.2 Å². The van der Waals surface area contributed by atoms with Gasteiger partial charge in [-0.15, -0.1) is 12.4 Å². The summed E-state index contributed by atoms with van der Waals surface area (Å²) >= 11 is 0. The van der Waals surface area contributed by atoms with Crippen molar-refractivity contribution in [1.29, 1.82) is 0 Å². The minimum absolute atomic E-state index is 0. The average Bonchev–Trinajstić information content (AvgIpc) is 2.56. The van der Waals surface area contributed by atoms with Gasteiger partial charge in [0.05, 0.1) is 0 Å². The van der Waals surface area contributed by atoms with E-state index in [1.165, 1.54) is 6.07 Å². The molecule has 1 aromatic carbocycles.